The smallest absolute Gasteiger partial charge is 0.335 e. The fraction of sp³-hybridized carbons (Fsp3) is 0.389. The number of hydrogen-bond acceptors (Lipinski definition) is 4. The van der Waals surface area contributed by atoms with E-state index >= 15 is 0 Å². The molecule has 0 radical (unpaired) electrons. The van der Waals surface area contributed by atoms with Gasteiger partial charge in [-0.25, -0.2) is 9.59 Å². The molecule has 8 nitrogen and oxygen atoms in total. The Balaban J connectivity index is 1.48. The number of aryl methyl sites for hydroxylation is 1. The molecule has 2 aromatic rings. The summed E-state index contributed by atoms with van der Waals surface area (Å²) in [6.45, 7) is 2.05. The van der Waals surface area contributed by atoms with Gasteiger partial charge in [0.15, 0.2) is 0 Å². The maximum absolute atomic E-state index is 12.2. The molecule has 1 atom stereocenters. The van der Waals surface area contributed by atoms with Crippen molar-refractivity contribution in [1.29, 1.82) is 0 Å². The van der Waals surface area contributed by atoms with Crippen LogP contribution in [0.15, 0.2) is 36.5 Å². The van der Waals surface area contributed by atoms with E-state index < -0.39 is 5.97 Å². The van der Waals surface area contributed by atoms with Crippen molar-refractivity contribution >= 4 is 17.8 Å². The first-order valence-corrected chi connectivity index (χ1v) is 8.62. The van der Waals surface area contributed by atoms with Crippen LogP contribution in [-0.4, -0.2) is 46.0 Å². The van der Waals surface area contributed by atoms with E-state index in [0.29, 0.717) is 6.54 Å². The Morgan fingerprint density at radius 1 is 1.27 bits per heavy atom. The minimum Gasteiger partial charge on any atom is -0.478 e. The number of benzene rings is 1. The lowest BCUT2D eigenvalue weighted by molar-refractivity contribution is 0.0697. The lowest BCUT2D eigenvalue weighted by Crippen LogP contribution is -2.50. The molecular formula is C18H23N5O3. The van der Waals surface area contributed by atoms with Crippen molar-refractivity contribution in [1.82, 2.24) is 20.4 Å². The zero-order chi connectivity index (χ0) is 18.5. The molecule has 1 aromatic carbocycles. The number of rotatable bonds is 5. The SMILES string of the molecule is Cn1nccc1N1CCCC(NC(=O)NCc2ccc(C(=O)O)cc2)C1. The number of carbonyl (C=O) groups is 2. The predicted molar refractivity (Wildman–Crippen MR) is 97.2 cm³/mol. The molecular weight excluding hydrogens is 334 g/mol. The van der Waals surface area contributed by atoms with Crippen LogP contribution >= 0.6 is 0 Å². The first-order valence-electron chi connectivity index (χ1n) is 8.62. The van der Waals surface area contributed by atoms with Gasteiger partial charge in [0.25, 0.3) is 0 Å². The number of nitrogens with one attached hydrogen (secondary N) is 2. The second-order valence-corrected chi connectivity index (χ2v) is 6.43. The summed E-state index contributed by atoms with van der Waals surface area (Å²) in [5.41, 5.74) is 1.08. The average molecular weight is 357 g/mol. The molecule has 1 unspecified atom stereocenters. The minimum absolute atomic E-state index is 0.0769. The van der Waals surface area contributed by atoms with Crippen molar-refractivity contribution in [3.63, 3.8) is 0 Å². The average Bonchev–Trinajstić information content (AvgIpc) is 3.06. The highest BCUT2D eigenvalue weighted by Crippen LogP contribution is 2.18. The Labute approximate surface area is 151 Å². The Kier molecular flexibility index (Phi) is 5.40. The van der Waals surface area contributed by atoms with Gasteiger partial charge in [0, 0.05) is 38.8 Å². The number of nitrogens with zero attached hydrogens (tertiary/aromatic N) is 3. The van der Waals surface area contributed by atoms with E-state index in [0.717, 1.165) is 37.3 Å². The molecule has 0 bridgehead atoms. The number of hydrogen-bond donors (Lipinski definition) is 3. The summed E-state index contributed by atoms with van der Waals surface area (Å²) in [4.78, 5) is 25.2. The van der Waals surface area contributed by atoms with Gasteiger partial charge in [0.1, 0.15) is 5.82 Å². The van der Waals surface area contributed by atoms with Crippen LogP contribution in [0.3, 0.4) is 0 Å². The first kappa shape index (κ1) is 17.8. The van der Waals surface area contributed by atoms with Gasteiger partial charge >= 0.3 is 12.0 Å². The summed E-state index contributed by atoms with van der Waals surface area (Å²) < 4.78 is 1.84. The quantitative estimate of drug-likeness (QED) is 0.755. The van der Waals surface area contributed by atoms with Crippen molar-refractivity contribution in [2.45, 2.75) is 25.4 Å². The Morgan fingerprint density at radius 3 is 2.69 bits per heavy atom. The highest BCUT2D eigenvalue weighted by molar-refractivity contribution is 5.87. The topological polar surface area (TPSA) is 99.5 Å². The molecule has 0 saturated carbocycles. The predicted octanol–water partition coefficient (Wildman–Crippen LogP) is 1.59. The first-order chi connectivity index (χ1) is 12.5. The lowest BCUT2D eigenvalue weighted by Gasteiger charge is -2.34. The van der Waals surface area contributed by atoms with E-state index in [1.54, 1.807) is 18.3 Å². The van der Waals surface area contributed by atoms with Crippen LogP contribution in [0, 0.1) is 0 Å². The highest BCUT2D eigenvalue weighted by Gasteiger charge is 2.23. The van der Waals surface area contributed by atoms with Crippen LogP contribution in [0.1, 0.15) is 28.8 Å². The van der Waals surface area contributed by atoms with E-state index in [9.17, 15) is 9.59 Å². The number of carbonyl (C=O) groups excluding carboxylic acids is 1. The normalized spacial score (nSPS) is 17.0. The molecule has 26 heavy (non-hydrogen) atoms. The summed E-state index contributed by atoms with van der Waals surface area (Å²) in [5.74, 6) is 0.0907. The summed E-state index contributed by atoms with van der Waals surface area (Å²) >= 11 is 0. The van der Waals surface area contributed by atoms with Gasteiger partial charge in [-0.1, -0.05) is 12.1 Å². The largest absolute Gasteiger partial charge is 0.478 e. The Hall–Kier alpha value is -3.03. The molecule has 1 aliphatic heterocycles. The molecule has 2 heterocycles. The maximum atomic E-state index is 12.2. The summed E-state index contributed by atoms with van der Waals surface area (Å²) in [6, 6.07) is 8.30. The van der Waals surface area contributed by atoms with Gasteiger partial charge in [-0.05, 0) is 30.5 Å². The van der Waals surface area contributed by atoms with E-state index in [2.05, 4.69) is 20.6 Å². The zero-order valence-electron chi connectivity index (χ0n) is 14.7. The van der Waals surface area contributed by atoms with Gasteiger partial charge in [-0.15, -0.1) is 0 Å². The van der Waals surface area contributed by atoms with Gasteiger partial charge in [0.2, 0.25) is 0 Å². The summed E-state index contributed by atoms with van der Waals surface area (Å²) in [5, 5.41) is 18.9. The molecule has 138 valence electrons. The van der Waals surface area contributed by atoms with Gasteiger partial charge in [-0.2, -0.15) is 5.10 Å². The minimum atomic E-state index is -0.961. The molecule has 0 spiro atoms. The maximum Gasteiger partial charge on any atom is 0.335 e. The molecule has 3 rings (SSSR count). The van der Waals surface area contributed by atoms with E-state index in [-0.39, 0.29) is 17.6 Å². The molecule has 1 aromatic heterocycles. The van der Waals surface area contributed by atoms with Crippen LogP contribution in [0.5, 0.6) is 0 Å². The second-order valence-electron chi connectivity index (χ2n) is 6.43. The van der Waals surface area contributed by atoms with Crippen LogP contribution in [0.2, 0.25) is 0 Å². The molecule has 8 heteroatoms. The van der Waals surface area contributed by atoms with Gasteiger partial charge in [0.05, 0.1) is 11.8 Å². The fourth-order valence-corrected chi connectivity index (χ4v) is 3.16. The molecule has 0 aliphatic carbocycles. The van der Waals surface area contributed by atoms with Crippen LogP contribution < -0.4 is 15.5 Å². The molecule has 1 fully saturated rings. The van der Waals surface area contributed by atoms with Crippen molar-refractivity contribution in [3.8, 4) is 0 Å². The number of aromatic nitrogens is 2. The van der Waals surface area contributed by atoms with Crippen molar-refractivity contribution in [2.24, 2.45) is 7.05 Å². The molecule has 2 amide bonds. The van der Waals surface area contributed by atoms with Crippen LogP contribution in [0.25, 0.3) is 0 Å². The number of urea groups is 1. The number of carboxylic acids is 1. The second kappa shape index (κ2) is 7.90. The lowest BCUT2D eigenvalue weighted by atomic mass is 10.1. The Morgan fingerprint density at radius 2 is 2.04 bits per heavy atom. The van der Waals surface area contributed by atoms with E-state index in [4.69, 9.17) is 5.11 Å². The molecule has 1 saturated heterocycles. The highest BCUT2D eigenvalue weighted by atomic mass is 16.4. The third kappa shape index (κ3) is 4.33. The standard InChI is InChI=1S/C18H23N5O3/c1-22-16(8-9-20-22)23-10-2-3-15(12-23)21-18(26)19-11-13-4-6-14(7-5-13)17(24)25/h4-9,15H,2-3,10-12H2,1H3,(H,24,25)(H2,19,21,26). The monoisotopic (exact) mass is 357 g/mol. The van der Waals surface area contributed by atoms with E-state index in [1.165, 1.54) is 12.1 Å². The molecule has 1 aliphatic rings. The summed E-state index contributed by atoms with van der Waals surface area (Å²) in [6.07, 6.45) is 3.72. The zero-order valence-corrected chi connectivity index (χ0v) is 14.7. The number of aromatic carboxylic acids is 1. The van der Waals surface area contributed by atoms with Crippen molar-refractivity contribution in [2.75, 3.05) is 18.0 Å². The number of carboxylic acid groups (broad SMARTS) is 1. The van der Waals surface area contributed by atoms with Gasteiger partial charge in [-0.3, -0.25) is 4.68 Å². The number of piperidine rings is 1. The fourth-order valence-electron chi connectivity index (χ4n) is 3.16. The molecule has 3 N–H and O–H groups in total. The van der Waals surface area contributed by atoms with Crippen molar-refractivity contribution in [3.05, 3.63) is 47.7 Å². The third-order valence-corrected chi connectivity index (χ3v) is 4.53. The summed E-state index contributed by atoms with van der Waals surface area (Å²) in [7, 11) is 1.91. The van der Waals surface area contributed by atoms with Gasteiger partial charge < -0.3 is 20.6 Å². The number of anilines is 1. The Bertz CT molecular complexity index is 771. The van der Waals surface area contributed by atoms with Crippen LogP contribution in [0.4, 0.5) is 10.6 Å². The van der Waals surface area contributed by atoms with E-state index in [1.807, 2.05) is 17.8 Å². The third-order valence-electron chi connectivity index (χ3n) is 4.53. The van der Waals surface area contributed by atoms with Crippen LogP contribution in [-0.2, 0) is 13.6 Å². The number of amides is 2. The van der Waals surface area contributed by atoms with Crippen molar-refractivity contribution < 1.29 is 14.7 Å².